The molecule has 2 aromatic rings. The molecule has 2 N–H and O–H groups in total. The van der Waals surface area contributed by atoms with Crippen molar-refractivity contribution in [3.63, 3.8) is 0 Å². The van der Waals surface area contributed by atoms with Crippen LogP contribution in [0.4, 0.5) is 17.1 Å². The van der Waals surface area contributed by atoms with Crippen molar-refractivity contribution in [2.45, 2.75) is 0 Å². The summed E-state index contributed by atoms with van der Waals surface area (Å²) >= 11 is 0. The third kappa shape index (κ3) is 2.18. The number of benzene rings is 2. The molecule has 116 valence electrons. The van der Waals surface area contributed by atoms with E-state index in [2.05, 4.69) is 10.5 Å². The summed E-state index contributed by atoms with van der Waals surface area (Å²) in [5.41, 5.74) is 1.64. The predicted octanol–water partition coefficient (Wildman–Crippen LogP) is 2.53. The number of nitro groups is 2. The van der Waals surface area contributed by atoms with E-state index in [1.165, 1.54) is 18.2 Å². The van der Waals surface area contributed by atoms with E-state index in [1.54, 1.807) is 0 Å². The van der Waals surface area contributed by atoms with Crippen LogP contribution in [0.2, 0.25) is 0 Å². The van der Waals surface area contributed by atoms with E-state index >= 15 is 0 Å². The van der Waals surface area contributed by atoms with Crippen molar-refractivity contribution in [1.82, 2.24) is 0 Å². The number of hydrogen-bond acceptors (Lipinski definition) is 8. The van der Waals surface area contributed by atoms with Gasteiger partial charge in [-0.15, -0.1) is 4.99 Å². The predicted molar refractivity (Wildman–Crippen MR) is 76.0 cm³/mol. The molecule has 0 heterocycles. The minimum Gasteiger partial charge on any atom is -0.289 e. The van der Waals surface area contributed by atoms with Gasteiger partial charge in [0.1, 0.15) is 0 Å². The average molecular weight is 317 g/mol. The number of nitro benzene ring substituents is 2. The Morgan fingerprint density at radius 3 is 2.35 bits per heavy atom. The summed E-state index contributed by atoms with van der Waals surface area (Å²) in [6.07, 6.45) is 0. The molecule has 3 rings (SSSR count). The Morgan fingerprint density at radius 1 is 1.00 bits per heavy atom. The number of hydrogen-bond donors (Lipinski definition) is 2. The quantitative estimate of drug-likeness (QED) is 0.424. The number of anilines is 1. The second-order valence-corrected chi connectivity index (χ2v) is 4.68. The minimum atomic E-state index is -0.796. The maximum absolute atomic E-state index is 12.4. The van der Waals surface area contributed by atoms with Crippen LogP contribution in [-0.2, 0) is 4.99 Å². The Bertz CT molecular complexity index is 878. The highest BCUT2D eigenvalue weighted by Crippen LogP contribution is 2.45. The second kappa shape index (κ2) is 5.12. The third-order valence-corrected chi connectivity index (χ3v) is 3.45. The summed E-state index contributed by atoms with van der Waals surface area (Å²) in [5, 5.41) is 30.5. The van der Waals surface area contributed by atoms with Gasteiger partial charge >= 0.3 is 0 Å². The zero-order chi connectivity index (χ0) is 16.7. The summed E-state index contributed by atoms with van der Waals surface area (Å²) in [6.45, 7) is 0. The van der Waals surface area contributed by atoms with E-state index in [4.69, 9.17) is 5.26 Å². The van der Waals surface area contributed by atoms with Crippen molar-refractivity contribution >= 4 is 22.8 Å². The first kappa shape index (κ1) is 14.6. The molecule has 0 fully saturated rings. The maximum atomic E-state index is 12.4. The highest BCUT2D eigenvalue weighted by molar-refractivity contribution is 6.23. The van der Waals surface area contributed by atoms with Gasteiger partial charge in [0.25, 0.3) is 11.4 Å². The standard InChI is InChI=1S/C13H7N3O7/c17-13-9-3-6(14-23-22)1-2-8(9)12-10(13)4-7(15(18)19)5-11(12)16(20)21/h1-5,14,22H. The fourth-order valence-corrected chi connectivity index (χ4v) is 2.53. The molecule has 10 heteroatoms. The van der Waals surface area contributed by atoms with Gasteiger partial charge in [-0.1, -0.05) is 6.07 Å². The summed E-state index contributed by atoms with van der Waals surface area (Å²) in [6, 6.07) is 6.02. The summed E-state index contributed by atoms with van der Waals surface area (Å²) in [5.74, 6) is -0.580. The Kier molecular flexibility index (Phi) is 3.24. The van der Waals surface area contributed by atoms with Gasteiger partial charge in [-0.05, 0) is 12.1 Å². The van der Waals surface area contributed by atoms with E-state index in [9.17, 15) is 25.0 Å². The molecule has 1 aliphatic carbocycles. The van der Waals surface area contributed by atoms with E-state index in [1.807, 2.05) is 0 Å². The van der Waals surface area contributed by atoms with Crippen LogP contribution in [-0.4, -0.2) is 20.9 Å². The van der Waals surface area contributed by atoms with Crippen LogP contribution >= 0.6 is 0 Å². The highest BCUT2D eigenvalue weighted by atomic mass is 17.2. The first-order valence-corrected chi connectivity index (χ1v) is 6.16. The van der Waals surface area contributed by atoms with Crippen LogP contribution in [0.1, 0.15) is 15.9 Å². The van der Waals surface area contributed by atoms with Crippen molar-refractivity contribution in [2.75, 3.05) is 5.48 Å². The van der Waals surface area contributed by atoms with E-state index < -0.39 is 27.0 Å². The van der Waals surface area contributed by atoms with Crippen LogP contribution in [0.3, 0.4) is 0 Å². The largest absolute Gasteiger partial charge is 0.289 e. The minimum absolute atomic E-state index is 0.0390. The maximum Gasteiger partial charge on any atom is 0.284 e. The lowest BCUT2D eigenvalue weighted by atomic mass is 10.0. The molecular formula is C13H7N3O7. The Morgan fingerprint density at radius 2 is 1.74 bits per heavy atom. The smallest absolute Gasteiger partial charge is 0.284 e. The number of carbonyl (C=O) groups is 1. The van der Waals surface area contributed by atoms with Crippen LogP contribution in [0.5, 0.6) is 0 Å². The number of rotatable bonds is 4. The molecule has 23 heavy (non-hydrogen) atoms. The normalized spacial score (nSPS) is 11.8. The molecule has 0 spiro atoms. The van der Waals surface area contributed by atoms with Gasteiger partial charge < -0.3 is 0 Å². The molecule has 0 saturated carbocycles. The topological polar surface area (TPSA) is 145 Å². The lowest BCUT2D eigenvalue weighted by Gasteiger charge is -2.04. The fraction of sp³-hybridized carbons (Fsp3) is 0. The molecule has 1 aliphatic rings. The van der Waals surface area contributed by atoms with Gasteiger partial charge in [-0.2, -0.15) is 0 Å². The molecule has 0 unspecified atom stereocenters. The van der Waals surface area contributed by atoms with Crippen LogP contribution in [0.25, 0.3) is 11.1 Å². The number of carbonyl (C=O) groups excluding carboxylic acids is 1. The van der Waals surface area contributed by atoms with Crippen LogP contribution in [0.15, 0.2) is 30.3 Å². The van der Waals surface area contributed by atoms with Gasteiger partial charge in [-0.25, -0.2) is 10.7 Å². The van der Waals surface area contributed by atoms with Crippen LogP contribution in [0, 0.1) is 20.2 Å². The van der Waals surface area contributed by atoms with E-state index in [-0.39, 0.29) is 27.9 Å². The number of fused-ring (bicyclic) bond motifs is 3. The first-order valence-electron chi connectivity index (χ1n) is 6.16. The molecule has 0 atom stereocenters. The zero-order valence-corrected chi connectivity index (χ0v) is 11.2. The monoisotopic (exact) mass is 317 g/mol. The van der Waals surface area contributed by atoms with Crippen molar-refractivity contribution in [2.24, 2.45) is 0 Å². The molecule has 0 amide bonds. The van der Waals surface area contributed by atoms with Crippen molar-refractivity contribution in [3.8, 4) is 11.1 Å². The molecule has 2 aromatic carbocycles. The average Bonchev–Trinajstić information content (AvgIpc) is 2.79. The first-order chi connectivity index (χ1) is 10.9. The van der Waals surface area contributed by atoms with Crippen LogP contribution < -0.4 is 5.48 Å². The van der Waals surface area contributed by atoms with E-state index in [0.29, 0.717) is 0 Å². The SMILES string of the molecule is O=C1c2cc(NOO)ccc2-c2c1cc([N+](=O)[O-])cc2[N+](=O)[O-]. The second-order valence-electron chi connectivity index (χ2n) is 4.68. The fourth-order valence-electron chi connectivity index (χ4n) is 2.53. The highest BCUT2D eigenvalue weighted by Gasteiger charge is 2.36. The summed E-state index contributed by atoms with van der Waals surface area (Å²) in [4.78, 5) is 36.7. The number of ketones is 1. The van der Waals surface area contributed by atoms with Gasteiger partial charge in [0.05, 0.1) is 27.2 Å². The van der Waals surface area contributed by atoms with Gasteiger partial charge in [0.15, 0.2) is 5.78 Å². The van der Waals surface area contributed by atoms with Gasteiger partial charge in [0, 0.05) is 22.8 Å². The van der Waals surface area contributed by atoms with E-state index in [0.717, 1.165) is 12.1 Å². The molecule has 0 aliphatic heterocycles. The molecule has 0 bridgehead atoms. The van der Waals surface area contributed by atoms with Gasteiger partial charge in [-0.3, -0.25) is 25.0 Å². The molecular weight excluding hydrogens is 310 g/mol. The zero-order valence-electron chi connectivity index (χ0n) is 11.2. The van der Waals surface area contributed by atoms with Crippen molar-refractivity contribution < 1.29 is 24.9 Å². The summed E-state index contributed by atoms with van der Waals surface area (Å²) < 4.78 is 0. The molecule has 0 aromatic heterocycles. The van der Waals surface area contributed by atoms with Crippen molar-refractivity contribution in [1.29, 1.82) is 0 Å². The molecule has 0 radical (unpaired) electrons. The Balaban J connectivity index is 2.28. The molecule has 0 saturated heterocycles. The lowest BCUT2D eigenvalue weighted by molar-refractivity contribution is -0.393. The molecule has 10 nitrogen and oxygen atoms in total. The lowest BCUT2D eigenvalue weighted by Crippen LogP contribution is -2.00. The number of nitrogens with one attached hydrogen (secondary N) is 1. The Labute approximate surface area is 127 Å². The number of non-ortho nitro benzene ring substituents is 1. The van der Waals surface area contributed by atoms with Crippen molar-refractivity contribution in [3.05, 3.63) is 61.7 Å². The summed E-state index contributed by atoms with van der Waals surface area (Å²) in [7, 11) is 0. The van der Waals surface area contributed by atoms with Gasteiger partial charge in [0.2, 0.25) is 0 Å². The third-order valence-electron chi connectivity index (χ3n) is 3.45. The Hall–Kier alpha value is -3.37. The number of nitrogens with zero attached hydrogens (tertiary/aromatic N) is 2.